The van der Waals surface area contributed by atoms with Gasteiger partial charge in [0.05, 0.1) is 0 Å². The van der Waals surface area contributed by atoms with Crippen molar-refractivity contribution in [3.05, 3.63) is 23.8 Å². The van der Waals surface area contributed by atoms with E-state index < -0.39 is 0 Å². The zero-order valence-corrected chi connectivity index (χ0v) is 18.4. The van der Waals surface area contributed by atoms with Gasteiger partial charge in [-0.2, -0.15) is 0 Å². The van der Waals surface area contributed by atoms with Gasteiger partial charge >= 0.3 is 0 Å². The van der Waals surface area contributed by atoms with Gasteiger partial charge in [-0.1, -0.05) is 40.8 Å². The van der Waals surface area contributed by atoms with Crippen LogP contribution in [0, 0.1) is 17.8 Å². The fourth-order valence-corrected chi connectivity index (χ4v) is 5.80. The van der Waals surface area contributed by atoms with E-state index in [4.69, 9.17) is 4.74 Å². The lowest BCUT2D eigenvalue weighted by atomic mass is 9.78. The molecule has 6 atom stereocenters. The number of amides is 1. The molecule has 0 radical (unpaired) electrons. The first-order valence-electron chi connectivity index (χ1n) is 10.1. The lowest BCUT2D eigenvalue weighted by molar-refractivity contribution is -0.132. The van der Waals surface area contributed by atoms with Crippen LogP contribution in [0.4, 0.5) is 0 Å². The summed E-state index contributed by atoms with van der Waals surface area (Å²) >= 11 is 2.57. The molecule has 1 N–H and O–H groups in total. The predicted molar refractivity (Wildman–Crippen MR) is 114 cm³/mol. The molecule has 5 heteroatoms. The lowest BCUT2D eigenvalue weighted by Crippen LogP contribution is -2.50. The molecule has 0 spiro atoms. The Hall–Kier alpha value is -0.400. The van der Waals surface area contributed by atoms with Crippen molar-refractivity contribution in [1.29, 1.82) is 0 Å². The molecule has 1 amide bonds. The molecule has 26 heavy (non-hydrogen) atoms. The maximum absolute atomic E-state index is 13.2. The highest BCUT2D eigenvalue weighted by molar-refractivity contribution is 14.1. The molecule has 146 valence electrons. The Bertz CT molecular complexity index is 562. The average molecular weight is 472 g/mol. The smallest absolute Gasteiger partial charge is 0.249 e. The molecule has 3 rings (SSSR count). The third-order valence-electron chi connectivity index (χ3n) is 6.43. The second-order valence-corrected chi connectivity index (χ2v) is 9.88. The Kier molecular flexibility index (Phi) is 7.19. The normalized spacial score (nSPS) is 38.6. The van der Waals surface area contributed by atoms with Crippen LogP contribution in [-0.4, -0.2) is 47.2 Å². The minimum Gasteiger partial charge on any atom is -0.366 e. The molecule has 0 aromatic carbocycles. The van der Waals surface area contributed by atoms with Gasteiger partial charge in [0.15, 0.2) is 0 Å². The lowest BCUT2D eigenvalue weighted by Gasteiger charge is -2.43. The summed E-state index contributed by atoms with van der Waals surface area (Å²) in [7, 11) is 1.74. The first kappa shape index (κ1) is 20.3. The van der Waals surface area contributed by atoms with Gasteiger partial charge in [0.25, 0.3) is 0 Å². The largest absolute Gasteiger partial charge is 0.366 e. The van der Waals surface area contributed by atoms with Gasteiger partial charge in [0, 0.05) is 35.1 Å². The second kappa shape index (κ2) is 9.20. The van der Waals surface area contributed by atoms with Gasteiger partial charge in [-0.3, -0.25) is 10.1 Å². The summed E-state index contributed by atoms with van der Waals surface area (Å²) in [4.78, 5) is 15.3. The fraction of sp³-hybridized carbons (Fsp3) is 0.762. The summed E-state index contributed by atoms with van der Waals surface area (Å²) in [5.74, 6) is 1.72. The minimum absolute atomic E-state index is 0.0291. The Labute approximate surface area is 171 Å². The maximum Gasteiger partial charge on any atom is 0.249 e. The molecule has 0 bridgehead atoms. The maximum atomic E-state index is 13.2. The highest BCUT2D eigenvalue weighted by Gasteiger charge is 2.38. The van der Waals surface area contributed by atoms with Crippen molar-refractivity contribution in [2.24, 2.45) is 17.8 Å². The van der Waals surface area contributed by atoms with Gasteiger partial charge in [-0.15, -0.1) is 0 Å². The number of alkyl halides is 1. The van der Waals surface area contributed by atoms with E-state index in [1.807, 2.05) is 6.92 Å². The summed E-state index contributed by atoms with van der Waals surface area (Å²) < 4.78 is 6.24. The number of hydrogen-bond acceptors (Lipinski definition) is 3. The molecule has 2 heterocycles. The standard InChI is InChI=1S/C21H33IN2O2/c1-14(12-17-7-5-10-23-20(17)26-3)21(25)24-11-9-16-6-4-8-18(22)13-19(16)15(24)2/h4,6,12,15-20,23H,5,7-11,13H2,1-3H3/b14-12+. The molecule has 4 nitrogen and oxygen atoms in total. The van der Waals surface area contributed by atoms with Crippen LogP contribution in [0.2, 0.25) is 0 Å². The quantitative estimate of drug-likeness (QED) is 0.293. The number of carbonyl (C=O) groups is 1. The van der Waals surface area contributed by atoms with Crippen LogP contribution in [0.1, 0.15) is 46.0 Å². The number of fused-ring (bicyclic) bond motifs is 1. The van der Waals surface area contributed by atoms with Crippen LogP contribution in [0.5, 0.6) is 0 Å². The van der Waals surface area contributed by atoms with E-state index >= 15 is 0 Å². The molecular weight excluding hydrogens is 439 g/mol. The van der Waals surface area contributed by atoms with Crippen molar-refractivity contribution in [2.75, 3.05) is 20.2 Å². The number of allylic oxidation sites excluding steroid dienone is 2. The molecule has 2 fully saturated rings. The number of ether oxygens (including phenoxy) is 1. The van der Waals surface area contributed by atoms with E-state index in [-0.39, 0.29) is 18.1 Å². The molecule has 3 aliphatic rings. The predicted octanol–water partition coefficient (Wildman–Crippen LogP) is 3.91. The third kappa shape index (κ3) is 4.53. The number of likely N-dealkylation sites (tertiary alicyclic amines) is 1. The first-order valence-corrected chi connectivity index (χ1v) is 11.3. The fourth-order valence-electron chi connectivity index (χ4n) is 4.92. The van der Waals surface area contributed by atoms with Crippen LogP contribution in [-0.2, 0) is 9.53 Å². The molecule has 6 unspecified atom stereocenters. The Morgan fingerprint density at radius 1 is 1.38 bits per heavy atom. The van der Waals surface area contributed by atoms with E-state index in [2.05, 4.69) is 58.0 Å². The average Bonchev–Trinajstić information content (AvgIpc) is 2.83. The summed E-state index contributed by atoms with van der Waals surface area (Å²) in [6.07, 6.45) is 12.6. The molecular formula is C21H33IN2O2. The summed E-state index contributed by atoms with van der Waals surface area (Å²) in [6.45, 7) is 6.10. The number of nitrogens with zero attached hydrogens (tertiary/aromatic N) is 1. The van der Waals surface area contributed by atoms with Crippen molar-refractivity contribution in [2.45, 2.75) is 62.1 Å². The van der Waals surface area contributed by atoms with Gasteiger partial charge in [0.1, 0.15) is 6.23 Å². The first-order chi connectivity index (χ1) is 12.5. The SMILES string of the molecule is COC1NCCCC1/C=C(\C)C(=O)N1CCC2C=CCC(I)CC2C1C. The highest BCUT2D eigenvalue weighted by Crippen LogP contribution is 2.38. The number of nitrogens with one attached hydrogen (secondary N) is 1. The molecule has 0 aromatic heterocycles. The number of piperidine rings is 2. The van der Waals surface area contributed by atoms with E-state index in [1.165, 1.54) is 12.8 Å². The van der Waals surface area contributed by atoms with Crippen LogP contribution in [0.25, 0.3) is 0 Å². The molecule has 0 aromatic rings. The van der Waals surface area contributed by atoms with E-state index in [1.54, 1.807) is 7.11 Å². The number of methoxy groups -OCH3 is 1. The topological polar surface area (TPSA) is 41.6 Å². The van der Waals surface area contributed by atoms with E-state index in [0.717, 1.165) is 37.9 Å². The van der Waals surface area contributed by atoms with Crippen molar-refractivity contribution in [3.8, 4) is 0 Å². The van der Waals surface area contributed by atoms with Crippen molar-refractivity contribution >= 4 is 28.5 Å². The van der Waals surface area contributed by atoms with Crippen molar-refractivity contribution in [3.63, 3.8) is 0 Å². The van der Waals surface area contributed by atoms with Crippen LogP contribution in [0.3, 0.4) is 0 Å². The summed E-state index contributed by atoms with van der Waals surface area (Å²) in [5.41, 5.74) is 0.876. The summed E-state index contributed by atoms with van der Waals surface area (Å²) in [6, 6.07) is 0.312. The Balaban J connectivity index is 1.70. The zero-order chi connectivity index (χ0) is 18.7. The zero-order valence-electron chi connectivity index (χ0n) is 16.3. The third-order valence-corrected chi connectivity index (χ3v) is 7.45. The van der Waals surface area contributed by atoms with Crippen LogP contribution >= 0.6 is 22.6 Å². The summed E-state index contributed by atoms with van der Waals surface area (Å²) in [5, 5.41) is 3.40. The minimum atomic E-state index is 0.0291. The van der Waals surface area contributed by atoms with E-state index in [9.17, 15) is 4.79 Å². The second-order valence-electron chi connectivity index (χ2n) is 8.12. The number of rotatable bonds is 3. The molecule has 2 saturated heterocycles. The Morgan fingerprint density at radius 3 is 2.96 bits per heavy atom. The van der Waals surface area contributed by atoms with Gasteiger partial charge in [-0.05, 0) is 64.3 Å². The number of halogens is 1. The van der Waals surface area contributed by atoms with Gasteiger partial charge in [-0.25, -0.2) is 0 Å². The monoisotopic (exact) mass is 472 g/mol. The highest BCUT2D eigenvalue weighted by atomic mass is 127. The Morgan fingerprint density at radius 2 is 2.19 bits per heavy atom. The van der Waals surface area contributed by atoms with Crippen LogP contribution in [0.15, 0.2) is 23.8 Å². The molecule has 0 saturated carbocycles. The van der Waals surface area contributed by atoms with E-state index in [0.29, 0.717) is 21.8 Å². The number of carbonyl (C=O) groups excluding carboxylic acids is 1. The number of hydrogen-bond donors (Lipinski definition) is 1. The van der Waals surface area contributed by atoms with Crippen molar-refractivity contribution in [1.82, 2.24) is 10.2 Å². The molecule has 2 aliphatic heterocycles. The van der Waals surface area contributed by atoms with Gasteiger partial charge < -0.3 is 9.64 Å². The molecule has 1 aliphatic carbocycles. The van der Waals surface area contributed by atoms with Crippen molar-refractivity contribution < 1.29 is 9.53 Å². The van der Waals surface area contributed by atoms with Crippen LogP contribution < -0.4 is 5.32 Å². The van der Waals surface area contributed by atoms with Gasteiger partial charge in [0.2, 0.25) is 5.91 Å².